The predicted molar refractivity (Wildman–Crippen MR) is 42.6 cm³/mol. The Balaban J connectivity index is 0. The molecule has 0 amide bonds. The van der Waals surface area contributed by atoms with Gasteiger partial charge in [0.05, 0.1) is 12.5 Å². The molecule has 0 spiro atoms. The van der Waals surface area contributed by atoms with E-state index in [1.807, 2.05) is 7.05 Å². The number of halogens is 2. The Morgan fingerprint density at radius 3 is 2.44 bits per heavy atom. The van der Waals surface area contributed by atoms with Crippen LogP contribution in [0.3, 0.4) is 0 Å². The number of aromatic amines is 1. The van der Waals surface area contributed by atoms with E-state index in [4.69, 9.17) is 0 Å². The molecule has 0 aliphatic carbocycles. The first-order valence-corrected chi connectivity index (χ1v) is 2.09. The Bertz CT molecular complexity index is 128. The van der Waals surface area contributed by atoms with E-state index in [9.17, 15) is 0 Å². The van der Waals surface area contributed by atoms with Crippen molar-refractivity contribution in [2.45, 2.75) is 0 Å². The lowest BCUT2D eigenvalue weighted by Gasteiger charge is -1.86. The molecule has 1 heterocycles. The molecule has 0 aliphatic heterocycles. The molecule has 0 radical (unpaired) electrons. The van der Waals surface area contributed by atoms with Crippen LogP contribution in [0.1, 0.15) is 0 Å². The maximum atomic E-state index is 3.77. The second-order valence-electron chi connectivity index (χ2n) is 1.22. The Kier molecular flexibility index (Phi) is 7.24. The van der Waals surface area contributed by atoms with E-state index in [0.29, 0.717) is 0 Å². The highest BCUT2D eigenvalue weighted by Gasteiger charge is 1.80. The summed E-state index contributed by atoms with van der Waals surface area (Å²) in [7, 11) is 1.84. The summed E-state index contributed by atoms with van der Waals surface area (Å²) in [6.45, 7) is 0. The normalized spacial score (nSPS) is 6.78. The van der Waals surface area contributed by atoms with Crippen LogP contribution in [0.5, 0.6) is 0 Å². The first-order valence-electron chi connectivity index (χ1n) is 2.09. The first-order chi connectivity index (χ1) is 3.43. The molecular weight excluding hydrogens is 161 g/mol. The molecule has 3 nitrogen and oxygen atoms in total. The number of hydrogen-bond acceptors (Lipinski definition) is 2. The summed E-state index contributed by atoms with van der Waals surface area (Å²) < 4.78 is 0. The van der Waals surface area contributed by atoms with Crippen LogP contribution < -0.4 is 5.32 Å². The fourth-order valence-corrected chi connectivity index (χ4v) is 0.393. The summed E-state index contributed by atoms with van der Waals surface area (Å²) in [6.07, 6.45) is 3.35. The highest BCUT2D eigenvalue weighted by atomic mass is 35.5. The van der Waals surface area contributed by atoms with Crippen LogP contribution in [-0.2, 0) is 0 Å². The van der Waals surface area contributed by atoms with Crippen molar-refractivity contribution in [3.05, 3.63) is 12.5 Å². The molecule has 0 saturated carbocycles. The molecule has 0 atom stereocenters. The summed E-state index contributed by atoms with van der Waals surface area (Å²) in [5.74, 6) is 0.944. The maximum absolute atomic E-state index is 3.77. The number of aromatic nitrogens is 2. The van der Waals surface area contributed by atoms with Gasteiger partial charge in [-0.15, -0.1) is 24.8 Å². The van der Waals surface area contributed by atoms with Gasteiger partial charge < -0.3 is 10.3 Å². The number of H-pyrrole nitrogens is 1. The third kappa shape index (κ3) is 3.21. The molecule has 1 aromatic heterocycles. The van der Waals surface area contributed by atoms with Crippen molar-refractivity contribution >= 4 is 30.6 Å². The summed E-state index contributed by atoms with van der Waals surface area (Å²) in [5.41, 5.74) is 0. The molecule has 5 heteroatoms. The van der Waals surface area contributed by atoms with Crippen LogP contribution in [0.4, 0.5) is 5.82 Å². The van der Waals surface area contributed by atoms with Gasteiger partial charge in [-0.25, -0.2) is 4.98 Å². The molecule has 2 N–H and O–H groups in total. The van der Waals surface area contributed by atoms with Gasteiger partial charge in [0.1, 0.15) is 5.82 Å². The number of hydrogen-bond donors (Lipinski definition) is 2. The average molecular weight is 170 g/mol. The lowest BCUT2D eigenvalue weighted by Crippen LogP contribution is -1.84. The van der Waals surface area contributed by atoms with Gasteiger partial charge in [0.15, 0.2) is 0 Å². The largest absolute Gasteiger partial charge is 0.373 e. The summed E-state index contributed by atoms with van der Waals surface area (Å²) >= 11 is 0. The predicted octanol–water partition coefficient (Wildman–Crippen LogP) is 1.29. The smallest absolute Gasteiger partial charge is 0.122 e. The van der Waals surface area contributed by atoms with Gasteiger partial charge >= 0.3 is 0 Å². The monoisotopic (exact) mass is 169 g/mol. The Morgan fingerprint density at radius 2 is 2.22 bits per heavy atom. The fraction of sp³-hybridized carbons (Fsp3) is 0.250. The number of imidazole rings is 1. The van der Waals surface area contributed by atoms with Crippen molar-refractivity contribution in [2.24, 2.45) is 0 Å². The van der Waals surface area contributed by atoms with E-state index in [0.717, 1.165) is 5.82 Å². The van der Waals surface area contributed by atoms with Gasteiger partial charge in [-0.05, 0) is 0 Å². The molecule has 0 bridgehead atoms. The van der Waals surface area contributed by atoms with Gasteiger partial charge in [-0.1, -0.05) is 0 Å². The average Bonchev–Trinajstić information content (AvgIpc) is 2.14. The Labute approximate surface area is 66.1 Å². The van der Waals surface area contributed by atoms with E-state index in [2.05, 4.69) is 15.3 Å². The van der Waals surface area contributed by atoms with E-state index in [1.165, 1.54) is 0 Å². The lowest BCUT2D eigenvalue weighted by molar-refractivity contribution is 1.30. The van der Waals surface area contributed by atoms with Crippen molar-refractivity contribution < 1.29 is 0 Å². The van der Waals surface area contributed by atoms with E-state index >= 15 is 0 Å². The van der Waals surface area contributed by atoms with Crippen LogP contribution in [0, 0.1) is 0 Å². The molecule has 0 unspecified atom stereocenters. The van der Waals surface area contributed by atoms with E-state index in [1.54, 1.807) is 12.5 Å². The molecular formula is C4H9Cl2N3. The summed E-state index contributed by atoms with van der Waals surface area (Å²) in [5, 5.41) is 2.89. The van der Waals surface area contributed by atoms with Crippen molar-refractivity contribution in [3.63, 3.8) is 0 Å². The summed E-state index contributed by atoms with van der Waals surface area (Å²) in [6, 6.07) is 0. The van der Waals surface area contributed by atoms with Crippen molar-refractivity contribution in [1.29, 1.82) is 0 Å². The Morgan fingerprint density at radius 1 is 1.56 bits per heavy atom. The highest BCUT2D eigenvalue weighted by Crippen LogP contribution is 1.92. The summed E-state index contributed by atoms with van der Waals surface area (Å²) in [4.78, 5) is 6.64. The number of anilines is 1. The zero-order valence-electron chi connectivity index (χ0n) is 4.92. The highest BCUT2D eigenvalue weighted by molar-refractivity contribution is 5.85. The minimum Gasteiger partial charge on any atom is -0.373 e. The molecule has 9 heavy (non-hydrogen) atoms. The second kappa shape index (κ2) is 5.72. The molecule has 1 aromatic rings. The fourth-order valence-electron chi connectivity index (χ4n) is 0.393. The third-order valence-electron chi connectivity index (χ3n) is 0.768. The molecule has 0 saturated heterocycles. The number of rotatable bonds is 1. The Hall–Kier alpha value is -0.410. The van der Waals surface area contributed by atoms with Crippen LogP contribution in [-0.4, -0.2) is 17.0 Å². The van der Waals surface area contributed by atoms with Crippen LogP contribution in [0.2, 0.25) is 0 Å². The van der Waals surface area contributed by atoms with Gasteiger partial charge in [-0.3, -0.25) is 0 Å². The van der Waals surface area contributed by atoms with E-state index < -0.39 is 0 Å². The molecule has 0 aromatic carbocycles. The van der Waals surface area contributed by atoms with Crippen LogP contribution >= 0.6 is 24.8 Å². The van der Waals surface area contributed by atoms with Gasteiger partial charge in [0.25, 0.3) is 0 Å². The second-order valence-corrected chi connectivity index (χ2v) is 1.22. The number of nitrogens with one attached hydrogen (secondary N) is 2. The molecule has 0 fully saturated rings. The quantitative estimate of drug-likeness (QED) is 0.666. The van der Waals surface area contributed by atoms with Gasteiger partial charge in [0, 0.05) is 7.05 Å². The third-order valence-corrected chi connectivity index (χ3v) is 0.768. The SMILES string of the molecule is CNc1cnc[nH]1.Cl.Cl. The topological polar surface area (TPSA) is 40.7 Å². The zero-order chi connectivity index (χ0) is 5.11. The molecule has 54 valence electrons. The van der Waals surface area contributed by atoms with E-state index in [-0.39, 0.29) is 24.8 Å². The van der Waals surface area contributed by atoms with Crippen molar-refractivity contribution in [1.82, 2.24) is 9.97 Å². The van der Waals surface area contributed by atoms with Gasteiger partial charge in [0.2, 0.25) is 0 Å². The van der Waals surface area contributed by atoms with Crippen molar-refractivity contribution in [3.8, 4) is 0 Å². The maximum Gasteiger partial charge on any atom is 0.122 e. The minimum atomic E-state index is 0. The first kappa shape index (κ1) is 11.4. The van der Waals surface area contributed by atoms with Crippen molar-refractivity contribution in [2.75, 3.05) is 12.4 Å². The van der Waals surface area contributed by atoms with Crippen LogP contribution in [0.25, 0.3) is 0 Å². The van der Waals surface area contributed by atoms with Gasteiger partial charge in [-0.2, -0.15) is 0 Å². The molecule has 0 aliphatic rings. The standard InChI is InChI=1S/C4H7N3.2ClH/c1-5-4-2-6-3-7-4;;/h2-3,5H,1H3,(H,6,7);2*1H. The minimum absolute atomic E-state index is 0. The number of nitrogens with zero attached hydrogens (tertiary/aromatic N) is 1. The molecule has 1 rings (SSSR count). The zero-order valence-corrected chi connectivity index (χ0v) is 6.55. The lowest BCUT2D eigenvalue weighted by atomic mass is 10.8. The van der Waals surface area contributed by atoms with Crippen LogP contribution in [0.15, 0.2) is 12.5 Å².